The Labute approximate surface area is 276 Å². The number of H-pyrrole nitrogens is 1. The van der Waals surface area contributed by atoms with Crippen LogP contribution in [0.4, 0.5) is 5.69 Å². The fourth-order valence-corrected chi connectivity index (χ4v) is 6.80. The zero-order chi connectivity index (χ0) is 33.8. The number of hydrogen-bond acceptors (Lipinski definition) is 7. The molecule has 0 radical (unpaired) electrons. The Morgan fingerprint density at radius 1 is 1.04 bits per heavy atom. The topological polar surface area (TPSA) is 105 Å². The van der Waals surface area contributed by atoms with Crippen LogP contribution < -0.4 is 16.2 Å². The van der Waals surface area contributed by atoms with Crippen LogP contribution in [0.15, 0.2) is 41.3 Å². The first-order chi connectivity index (χ1) is 22.2. The predicted octanol–water partition coefficient (Wildman–Crippen LogP) is 6.40. The second kappa shape index (κ2) is 18.1. The summed E-state index contributed by atoms with van der Waals surface area (Å²) in [6.45, 7) is 20.9. The van der Waals surface area contributed by atoms with E-state index < -0.39 is 0 Å². The number of benzene rings is 1. The van der Waals surface area contributed by atoms with E-state index in [1.54, 1.807) is 0 Å². The first kappa shape index (κ1) is 37.1. The van der Waals surface area contributed by atoms with Gasteiger partial charge in [0.15, 0.2) is 0 Å². The molecule has 4 heterocycles. The van der Waals surface area contributed by atoms with Gasteiger partial charge in [-0.25, -0.2) is 0 Å². The van der Waals surface area contributed by atoms with Gasteiger partial charge in [0.1, 0.15) is 6.79 Å². The predicted molar refractivity (Wildman–Crippen MR) is 191 cm³/mol. The highest BCUT2D eigenvalue weighted by molar-refractivity contribution is 5.73. The van der Waals surface area contributed by atoms with E-state index in [1.807, 2.05) is 19.9 Å². The smallest absolute Gasteiger partial charge is 0.251 e. The Kier molecular flexibility index (Phi) is 14.6. The summed E-state index contributed by atoms with van der Waals surface area (Å²) in [6.07, 6.45) is 7.27. The maximum absolute atomic E-state index is 13.3. The van der Waals surface area contributed by atoms with E-state index in [2.05, 4.69) is 85.5 Å². The van der Waals surface area contributed by atoms with E-state index in [0.29, 0.717) is 12.5 Å². The number of carbonyl (C=O) groups excluding carboxylic acids is 1. The average Bonchev–Trinajstić information content (AvgIpc) is 3.07. The van der Waals surface area contributed by atoms with Gasteiger partial charge in [-0.1, -0.05) is 32.9 Å². The first-order valence-electron chi connectivity index (χ1n) is 17.0. The van der Waals surface area contributed by atoms with Crippen molar-refractivity contribution in [1.29, 1.82) is 0 Å². The van der Waals surface area contributed by atoms with Gasteiger partial charge in [-0.3, -0.25) is 14.7 Å². The van der Waals surface area contributed by atoms with Crippen LogP contribution in [0.3, 0.4) is 0 Å². The standard InChI is InChI=1S/C36H50N4O2.CH5N.CH2O/c1-7-40(32-12-16-42-17-13-32)35-21-30(28-8-9-31(37-22-28)23-39-14-10-25(4)11-15-39)19-29(27(35)6)20-34-33(24(2)3)18-26(5)38-36(34)41;2*1-2/h8-9,18-19,21-22,24-25,32H,7,10-17,20,23H2,1-6H3,(H,38,41);2H2,1H3;1H2. The Balaban J connectivity index is 0.00000139. The lowest BCUT2D eigenvalue weighted by Crippen LogP contribution is -2.40. The number of likely N-dealkylation sites (tertiary alicyclic amines) is 1. The van der Waals surface area contributed by atoms with Gasteiger partial charge in [0, 0.05) is 67.5 Å². The zero-order valence-electron chi connectivity index (χ0n) is 29.3. The molecule has 3 N–H and O–H groups in total. The number of nitrogens with two attached hydrogens (primary N) is 1. The monoisotopic (exact) mass is 631 g/mol. The SMILES string of the molecule is C=O.CCN(c1cc(-c2ccc(CN3CCC(C)CC3)nc2)cc(Cc2c(C(C)C)cc(C)[nH]c2=O)c1C)C1CCOCC1.CN. The van der Waals surface area contributed by atoms with E-state index in [9.17, 15) is 4.79 Å². The van der Waals surface area contributed by atoms with Crippen LogP contribution in [0.2, 0.25) is 0 Å². The lowest BCUT2D eigenvalue weighted by molar-refractivity contribution is -0.0980. The van der Waals surface area contributed by atoms with E-state index in [0.717, 1.165) is 91.8 Å². The highest BCUT2D eigenvalue weighted by Gasteiger charge is 2.24. The summed E-state index contributed by atoms with van der Waals surface area (Å²) in [5.41, 5.74) is 14.6. The van der Waals surface area contributed by atoms with Gasteiger partial charge < -0.3 is 25.1 Å². The molecule has 0 saturated carbocycles. The summed E-state index contributed by atoms with van der Waals surface area (Å²) < 4.78 is 5.71. The Bertz CT molecular complexity index is 1420. The summed E-state index contributed by atoms with van der Waals surface area (Å²) in [6, 6.07) is 11.7. The van der Waals surface area contributed by atoms with Gasteiger partial charge in [0.05, 0.1) is 5.69 Å². The van der Waals surface area contributed by atoms with Crippen molar-refractivity contribution in [3.63, 3.8) is 0 Å². The molecule has 0 unspecified atom stereocenters. The molecule has 0 amide bonds. The molecular formula is C38H57N5O3. The van der Waals surface area contributed by atoms with Gasteiger partial charge in [-0.05, 0) is 119 Å². The fraction of sp³-hybridized carbons (Fsp3) is 0.553. The summed E-state index contributed by atoms with van der Waals surface area (Å²) in [4.78, 5) is 34.4. The lowest BCUT2D eigenvalue weighted by atomic mass is 9.89. The molecular weight excluding hydrogens is 574 g/mol. The number of piperidine rings is 1. The minimum absolute atomic E-state index is 0.0277. The van der Waals surface area contributed by atoms with Crippen molar-refractivity contribution in [2.75, 3.05) is 44.8 Å². The molecule has 0 bridgehead atoms. The molecule has 2 fully saturated rings. The number of carbonyl (C=O) groups is 1. The minimum Gasteiger partial charge on any atom is -0.381 e. The number of hydrogen-bond donors (Lipinski definition) is 2. The van der Waals surface area contributed by atoms with Crippen LogP contribution in [0.25, 0.3) is 11.1 Å². The van der Waals surface area contributed by atoms with Crippen LogP contribution in [-0.4, -0.2) is 67.6 Å². The van der Waals surface area contributed by atoms with Crippen LogP contribution in [0, 0.1) is 19.8 Å². The maximum Gasteiger partial charge on any atom is 0.251 e. The summed E-state index contributed by atoms with van der Waals surface area (Å²) in [7, 11) is 1.50. The molecule has 252 valence electrons. The number of aryl methyl sites for hydroxylation is 1. The van der Waals surface area contributed by atoms with E-state index >= 15 is 0 Å². The van der Waals surface area contributed by atoms with Crippen molar-refractivity contribution in [3.05, 3.63) is 80.5 Å². The van der Waals surface area contributed by atoms with Crippen LogP contribution in [0.5, 0.6) is 0 Å². The van der Waals surface area contributed by atoms with Gasteiger partial charge in [-0.15, -0.1) is 0 Å². The van der Waals surface area contributed by atoms with Crippen molar-refractivity contribution >= 4 is 12.5 Å². The molecule has 8 nitrogen and oxygen atoms in total. The molecule has 3 aromatic rings. The number of aromatic amines is 1. The van der Waals surface area contributed by atoms with Gasteiger partial charge in [0.25, 0.3) is 5.56 Å². The molecule has 8 heteroatoms. The van der Waals surface area contributed by atoms with Crippen molar-refractivity contribution in [3.8, 4) is 11.1 Å². The van der Waals surface area contributed by atoms with Crippen molar-refractivity contribution in [1.82, 2.24) is 14.9 Å². The number of ether oxygens (including phenoxy) is 1. The van der Waals surface area contributed by atoms with E-state index in [-0.39, 0.29) is 11.5 Å². The van der Waals surface area contributed by atoms with Crippen molar-refractivity contribution < 1.29 is 9.53 Å². The minimum atomic E-state index is 0.0277. The third kappa shape index (κ3) is 9.36. The third-order valence-corrected chi connectivity index (χ3v) is 9.48. The number of anilines is 1. The summed E-state index contributed by atoms with van der Waals surface area (Å²) in [5.74, 6) is 1.11. The average molecular weight is 632 g/mol. The number of nitrogens with one attached hydrogen (secondary N) is 1. The highest BCUT2D eigenvalue weighted by atomic mass is 16.5. The Morgan fingerprint density at radius 3 is 2.30 bits per heavy atom. The molecule has 0 aliphatic carbocycles. The second-order valence-corrected chi connectivity index (χ2v) is 13.0. The lowest BCUT2D eigenvalue weighted by Gasteiger charge is -2.37. The Morgan fingerprint density at radius 2 is 1.72 bits per heavy atom. The molecule has 1 aromatic carbocycles. The molecule has 2 aliphatic rings. The second-order valence-electron chi connectivity index (χ2n) is 13.0. The number of aromatic nitrogens is 2. The van der Waals surface area contributed by atoms with E-state index in [4.69, 9.17) is 14.5 Å². The molecule has 2 aromatic heterocycles. The number of nitrogens with zero attached hydrogens (tertiary/aromatic N) is 3. The zero-order valence-corrected chi connectivity index (χ0v) is 29.3. The molecule has 0 atom stereocenters. The largest absolute Gasteiger partial charge is 0.381 e. The highest BCUT2D eigenvalue weighted by Crippen LogP contribution is 2.35. The van der Waals surface area contributed by atoms with E-state index in [1.165, 1.54) is 36.7 Å². The number of rotatable bonds is 9. The fourth-order valence-electron chi connectivity index (χ4n) is 6.80. The molecule has 2 aliphatic heterocycles. The molecule has 46 heavy (non-hydrogen) atoms. The Hall–Kier alpha value is -3.33. The van der Waals surface area contributed by atoms with Gasteiger partial charge >= 0.3 is 0 Å². The van der Waals surface area contributed by atoms with Crippen molar-refractivity contribution in [2.24, 2.45) is 11.7 Å². The van der Waals surface area contributed by atoms with Crippen LogP contribution in [-0.2, 0) is 22.5 Å². The van der Waals surface area contributed by atoms with Crippen molar-refractivity contribution in [2.45, 2.75) is 92.2 Å². The van der Waals surface area contributed by atoms with Crippen LogP contribution >= 0.6 is 0 Å². The summed E-state index contributed by atoms with van der Waals surface area (Å²) in [5, 5.41) is 0. The summed E-state index contributed by atoms with van der Waals surface area (Å²) >= 11 is 0. The number of pyridine rings is 2. The maximum atomic E-state index is 13.3. The molecule has 2 saturated heterocycles. The third-order valence-electron chi connectivity index (χ3n) is 9.48. The normalized spacial score (nSPS) is 15.9. The van der Waals surface area contributed by atoms with Gasteiger partial charge in [-0.2, -0.15) is 0 Å². The first-order valence-corrected chi connectivity index (χ1v) is 17.0. The molecule has 5 rings (SSSR count). The quantitative estimate of drug-likeness (QED) is 0.282. The van der Waals surface area contributed by atoms with Gasteiger partial charge in [0.2, 0.25) is 0 Å². The van der Waals surface area contributed by atoms with Crippen LogP contribution in [0.1, 0.15) is 92.9 Å². The molecule has 0 spiro atoms.